The van der Waals surface area contributed by atoms with E-state index in [2.05, 4.69) is 25.3 Å². The monoisotopic (exact) mass is 258 g/mol. The second-order valence-corrected chi connectivity index (χ2v) is 4.52. The van der Waals surface area contributed by atoms with Crippen molar-refractivity contribution in [3.05, 3.63) is 36.5 Å². The summed E-state index contributed by atoms with van der Waals surface area (Å²) in [7, 11) is 1.79. The number of carbonyl (C=O) groups excluding carboxylic acids is 1. The van der Waals surface area contributed by atoms with E-state index in [1.165, 1.54) is 6.33 Å². The standard InChI is InChI=1S/C12H14N6O/c1-17-5-3-10(16-17)12(19)15-9-6-18(7-9)11-2-4-13-8-14-11/h2-5,8-9H,6-7H2,1H3,(H,15,19). The molecule has 1 fully saturated rings. The highest BCUT2D eigenvalue weighted by atomic mass is 16.2. The Morgan fingerprint density at radius 3 is 2.89 bits per heavy atom. The van der Waals surface area contributed by atoms with Crippen LogP contribution in [0.5, 0.6) is 0 Å². The van der Waals surface area contributed by atoms with Crippen LogP contribution in [0.25, 0.3) is 0 Å². The van der Waals surface area contributed by atoms with Crippen LogP contribution < -0.4 is 10.2 Å². The van der Waals surface area contributed by atoms with Gasteiger partial charge in [0.2, 0.25) is 0 Å². The lowest BCUT2D eigenvalue weighted by molar-refractivity contribution is 0.0924. The van der Waals surface area contributed by atoms with Crippen LogP contribution in [0.2, 0.25) is 0 Å². The van der Waals surface area contributed by atoms with Gasteiger partial charge in [-0.2, -0.15) is 5.10 Å². The Bertz CT molecular complexity index is 575. The van der Waals surface area contributed by atoms with E-state index in [-0.39, 0.29) is 11.9 Å². The van der Waals surface area contributed by atoms with Crippen molar-refractivity contribution in [2.24, 2.45) is 7.05 Å². The Labute approximate surface area is 110 Å². The number of amides is 1. The summed E-state index contributed by atoms with van der Waals surface area (Å²) in [6.45, 7) is 1.52. The van der Waals surface area contributed by atoms with Crippen molar-refractivity contribution in [1.29, 1.82) is 0 Å². The summed E-state index contributed by atoms with van der Waals surface area (Å²) in [5.41, 5.74) is 0.447. The first-order valence-corrected chi connectivity index (χ1v) is 6.04. The molecule has 1 N–H and O–H groups in total. The van der Waals surface area contributed by atoms with Crippen LogP contribution in [0.1, 0.15) is 10.5 Å². The summed E-state index contributed by atoms with van der Waals surface area (Å²) < 4.78 is 1.61. The van der Waals surface area contributed by atoms with Crippen LogP contribution >= 0.6 is 0 Å². The average Bonchev–Trinajstić information content (AvgIpc) is 2.81. The SMILES string of the molecule is Cn1ccc(C(=O)NC2CN(c3ccncn3)C2)n1. The van der Waals surface area contributed by atoms with Gasteiger partial charge in [0.05, 0.1) is 6.04 Å². The molecule has 0 saturated carbocycles. The second kappa shape index (κ2) is 4.68. The molecule has 2 aromatic rings. The van der Waals surface area contributed by atoms with Crippen LogP contribution in [-0.4, -0.2) is 44.8 Å². The predicted octanol–water partition coefficient (Wildman–Crippen LogP) is -0.171. The maximum Gasteiger partial charge on any atom is 0.272 e. The fraction of sp³-hybridized carbons (Fsp3) is 0.333. The fourth-order valence-electron chi connectivity index (χ4n) is 2.02. The smallest absolute Gasteiger partial charge is 0.272 e. The first-order valence-electron chi connectivity index (χ1n) is 6.04. The molecule has 1 aliphatic rings. The van der Waals surface area contributed by atoms with E-state index >= 15 is 0 Å². The first kappa shape index (κ1) is 11.6. The molecule has 98 valence electrons. The van der Waals surface area contributed by atoms with Crippen LogP contribution in [0, 0.1) is 0 Å². The van der Waals surface area contributed by atoms with E-state index in [0.29, 0.717) is 5.69 Å². The number of nitrogens with zero attached hydrogens (tertiary/aromatic N) is 5. The van der Waals surface area contributed by atoms with Crippen molar-refractivity contribution in [2.75, 3.05) is 18.0 Å². The Morgan fingerprint density at radius 2 is 2.26 bits per heavy atom. The van der Waals surface area contributed by atoms with E-state index in [1.54, 1.807) is 30.2 Å². The van der Waals surface area contributed by atoms with Crippen molar-refractivity contribution >= 4 is 11.7 Å². The lowest BCUT2D eigenvalue weighted by atomic mass is 10.1. The zero-order valence-corrected chi connectivity index (χ0v) is 10.5. The van der Waals surface area contributed by atoms with Gasteiger partial charge in [-0.05, 0) is 12.1 Å². The van der Waals surface area contributed by atoms with E-state index in [1.807, 2.05) is 6.07 Å². The summed E-state index contributed by atoms with van der Waals surface area (Å²) >= 11 is 0. The average molecular weight is 258 g/mol. The van der Waals surface area contributed by atoms with Crippen molar-refractivity contribution in [3.63, 3.8) is 0 Å². The maximum absolute atomic E-state index is 11.9. The molecule has 0 unspecified atom stereocenters. The lowest BCUT2D eigenvalue weighted by Gasteiger charge is -2.40. The highest BCUT2D eigenvalue weighted by molar-refractivity contribution is 5.92. The van der Waals surface area contributed by atoms with Crippen LogP contribution in [0.3, 0.4) is 0 Å². The van der Waals surface area contributed by atoms with E-state index in [9.17, 15) is 4.79 Å². The second-order valence-electron chi connectivity index (χ2n) is 4.52. The maximum atomic E-state index is 11.9. The summed E-state index contributed by atoms with van der Waals surface area (Å²) in [5.74, 6) is 0.756. The van der Waals surface area contributed by atoms with Crippen molar-refractivity contribution in [1.82, 2.24) is 25.1 Å². The summed E-state index contributed by atoms with van der Waals surface area (Å²) in [6.07, 6.45) is 4.99. The molecule has 3 rings (SSSR count). The number of anilines is 1. The number of rotatable bonds is 3. The molecule has 19 heavy (non-hydrogen) atoms. The van der Waals surface area contributed by atoms with Gasteiger partial charge in [0.1, 0.15) is 17.8 Å². The Balaban J connectivity index is 1.53. The van der Waals surface area contributed by atoms with Crippen LogP contribution in [-0.2, 0) is 7.05 Å². The summed E-state index contributed by atoms with van der Waals surface area (Å²) in [4.78, 5) is 22.0. The van der Waals surface area contributed by atoms with Crippen molar-refractivity contribution < 1.29 is 4.79 Å². The Kier molecular flexibility index (Phi) is 2.86. The third-order valence-electron chi connectivity index (χ3n) is 3.05. The first-order chi connectivity index (χ1) is 9.22. The highest BCUT2D eigenvalue weighted by Gasteiger charge is 2.29. The highest BCUT2D eigenvalue weighted by Crippen LogP contribution is 2.17. The van der Waals surface area contributed by atoms with Gasteiger partial charge < -0.3 is 10.2 Å². The molecule has 1 saturated heterocycles. The molecule has 7 heteroatoms. The van der Waals surface area contributed by atoms with Gasteiger partial charge in [0.25, 0.3) is 5.91 Å². The molecule has 0 aliphatic carbocycles. The van der Waals surface area contributed by atoms with Gasteiger partial charge in [0, 0.05) is 32.5 Å². The van der Waals surface area contributed by atoms with Crippen molar-refractivity contribution in [2.45, 2.75) is 6.04 Å². The number of carbonyl (C=O) groups is 1. The summed E-state index contributed by atoms with van der Waals surface area (Å²) in [6, 6.07) is 3.71. The minimum atomic E-state index is -0.132. The van der Waals surface area contributed by atoms with E-state index in [0.717, 1.165) is 18.9 Å². The normalized spacial score (nSPS) is 15.1. The van der Waals surface area contributed by atoms with Gasteiger partial charge in [0.15, 0.2) is 0 Å². The molecule has 0 atom stereocenters. The minimum Gasteiger partial charge on any atom is -0.352 e. The molecule has 0 aromatic carbocycles. The molecular weight excluding hydrogens is 244 g/mol. The minimum absolute atomic E-state index is 0.132. The molecule has 2 aromatic heterocycles. The summed E-state index contributed by atoms with van der Waals surface area (Å²) in [5, 5.41) is 7.02. The molecule has 1 amide bonds. The molecule has 0 radical (unpaired) electrons. The predicted molar refractivity (Wildman–Crippen MR) is 68.7 cm³/mol. The van der Waals surface area contributed by atoms with E-state index in [4.69, 9.17) is 0 Å². The molecule has 0 spiro atoms. The quantitative estimate of drug-likeness (QED) is 0.827. The number of aromatic nitrogens is 4. The zero-order chi connectivity index (χ0) is 13.2. The third-order valence-corrected chi connectivity index (χ3v) is 3.05. The molecular formula is C12H14N6O. The van der Waals surface area contributed by atoms with Crippen LogP contribution in [0.15, 0.2) is 30.9 Å². The fourth-order valence-corrected chi connectivity index (χ4v) is 2.02. The van der Waals surface area contributed by atoms with Gasteiger partial charge in [-0.1, -0.05) is 0 Å². The lowest BCUT2D eigenvalue weighted by Crippen LogP contribution is -2.59. The Hall–Kier alpha value is -2.44. The van der Waals surface area contributed by atoms with Crippen molar-refractivity contribution in [3.8, 4) is 0 Å². The molecule has 0 bridgehead atoms. The van der Waals surface area contributed by atoms with Crippen LogP contribution in [0.4, 0.5) is 5.82 Å². The molecule has 1 aliphatic heterocycles. The van der Waals surface area contributed by atoms with Gasteiger partial charge in [-0.25, -0.2) is 9.97 Å². The Morgan fingerprint density at radius 1 is 1.42 bits per heavy atom. The number of hydrogen-bond donors (Lipinski definition) is 1. The molecule has 3 heterocycles. The van der Waals surface area contributed by atoms with Gasteiger partial charge >= 0.3 is 0 Å². The van der Waals surface area contributed by atoms with Gasteiger partial charge in [-0.15, -0.1) is 0 Å². The number of hydrogen-bond acceptors (Lipinski definition) is 5. The number of aryl methyl sites for hydroxylation is 1. The zero-order valence-electron chi connectivity index (χ0n) is 10.5. The third kappa shape index (κ3) is 2.40. The largest absolute Gasteiger partial charge is 0.352 e. The van der Waals surface area contributed by atoms with Gasteiger partial charge in [-0.3, -0.25) is 9.48 Å². The molecule has 7 nitrogen and oxygen atoms in total. The topological polar surface area (TPSA) is 75.9 Å². The number of nitrogens with one attached hydrogen (secondary N) is 1. The van der Waals surface area contributed by atoms with E-state index < -0.39 is 0 Å².